The van der Waals surface area contributed by atoms with Crippen molar-refractivity contribution in [1.29, 1.82) is 0 Å². The number of carboxylic acid groups (broad SMARTS) is 1. The zero-order valence-corrected chi connectivity index (χ0v) is 21.7. The number of aromatic nitrogens is 1. The third kappa shape index (κ3) is 9.73. The molecule has 3 amide bonds. The monoisotopic (exact) mass is 530 g/mol. The lowest BCUT2D eigenvalue weighted by molar-refractivity contribution is -0.138. The number of hydrogen-bond donors (Lipinski definition) is 8. The van der Waals surface area contributed by atoms with Gasteiger partial charge in [0.05, 0.1) is 6.04 Å². The summed E-state index contributed by atoms with van der Waals surface area (Å²) in [5.74, 6) is -2.97. The first kappa shape index (κ1) is 30.1. The summed E-state index contributed by atoms with van der Waals surface area (Å²) in [6.07, 6.45) is 2.93. The van der Waals surface area contributed by atoms with Gasteiger partial charge in [-0.25, -0.2) is 0 Å². The smallest absolute Gasteiger partial charge is 0.322 e. The van der Waals surface area contributed by atoms with Crippen molar-refractivity contribution in [3.8, 4) is 0 Å². The zero-order valence-electron chi connectivity index (χ0n) is 21.7. The first-order valence-corrected chi connectivity index (χ1v) is 12.4. The minimum absolute atomic E-state index is 0.0389. The van der Waals surface area contributed by atoms with Crippen LogP contribution in [0.3, 0.4) is 0 Å². The molecule has 0 spiro atoms. The van der Waals surface area contributed by atoms with Gasteiger partial charge >= 0.3 is 5.97 Å². The van der Waals surface area contributed by atoms with Crippen LogP contribution < -0.4 is 33.2 Å². The first-order chi connectivity index (χ1) is 18.0. The molecular weight excluding hydrogens is 492 g/mol. The van der Waals surface area contributed by atoms with Crippen molar-refractivity contribution in [3.05, 3.63) is 36.0 Å². The summed E-state index contributed by atoms with van der Waals surface area (Å²) in [6, 6.07) is 4.56. The van der Waals surface area contributed by atoms with E-state index in [-0.39, 0.29) is 18.3 Å². The summed E-state index contributed by atoms with van der Waals surface area (Å²) < 4.78 is 0. The fourth-order valence-electron chi connectivity index (χ4n) is 3.92. The molecule has 0 fully saturated rings. The summed E-state index contributed by atoms with van der Waals surface area (Å²) in [5.41, 5.74) is 18.2. The van der Waals surface area contributed by atoms with Crippen LogP contribution in [0.4, 0.5) is 0 Å². The molecule has 13 nitrogen and oxygen atoms in total. The molecule has 2 aromatic rings. The molecule has 208 valence electrons. The number of carboxylic acids is 1. The summed E-state index contributed by atoms with van der Waals surface area (Å²) in [4.78, 5) is 56.9. The van der Waals surface area contributed by atoms with Crippen molar-refractivity contribution in [1.82, 2.24) is 20.9 Å². The van der Waals surface area contributed by atoms with Crippen LogP contribution in [0.5, 0.6) is 0 Å². The number of nitrogens with one attached hydrogen (secondary N) is 4. The van der Waals surface area contributed by atoms with Crippen LogP contribution in [-0.4, -0.2) is 71.0 Å². The van der Waals surface area contributed by atoms with E-state index in [1.54, 1.807) is 6.20 Å². The molecule has 0 saturated heterocycles. The van der Waals surface area contributed by atoms with Crippen molar-refractivity contribution in [2.75, 3.05) is 13.1 Å². The van der Waals surface area contributed by atoms with E-state index >= 15 is 0 Å². The molecule has 2 rings (SSSR count). The van der Waals surface area contributed by atoms with Gasteiger partial charge in [-0.05, 0) is 36.8 Å². The molecule has 1 aromatic heterocycles. The Bertz CT molecular complexity index is 1140. The molecule has 0 bridgehead atoms. The van der Waals surface area contributed by atoms with E-state index in [2.05, 4.69) is 25.9 Å². The van der Waals surface area contributed by atoms with Crippen molar-refractivity contribution < 1.29 is 24.3 Å². The number of guanidine groups is 1. The van der Waals surface area contributed by atoms with Gasteiger partial charge in [-0.2, -0.15) is 0 Å². The van der Waals surface area contributed by atoms with E-state index in [0.717, 1.165) is 16.5 Å². The normalized spacial score (nSPS) is 13.4. The maximum atomic E-state index is 13.3. The number of aliphatic carboxylic acids is 1. The van der Waals surface area contributed by atoms with Gasteiger partial charge in [0, 0.05) is 30.1 Å². The second-order valence-corrected chi connectivity index (χ2v) is 9.48. The van der Waals surface area contributed by atoms with Crippen LogP contribution >= 0.6 is 0 Å². The molecule has 0 aliphatic carbocycles. The maximum Gasteiger partial charge on any atom is 0.322 e. The number of aliphatic imine (C=N–C) groups is 1. The van der Waals surface area contributed by atoms with Crippen LogP contribution in [0.2, 0.25) is 0 Å². The molecule has 1 aromatic carbocycles. The Hall–Kier alpha value is -4.13. The van der Waals surface area contributed by atoms with E-state index in [1.165, 1.54) is 0 Å². The Balaban J connectivity index is 2.16. The lowest BCUT2D eigenvalue weighted by Gasteiger charge is -2.25. The average Bonchev–Trinajstić information content (AvgIpc) is 3.26. The largest absolute Gasteiger partial charge is 0.480 e. The molecular formula is C25H38N8O5. The Morgan fingerprint density at radius 1 is 1.03 bits per heavy atom. The van der Waals surface area contributed by atoms with Gasteiger partial charge in [0.2, 0.25) is 17.7 Å². The van der Waals surface area contributed by atoms with E-state index < -0.39 is 48.4 Å². The zero-order chi connectivity index (χ0) is 28.2. The van der Waals surface area contributed by atoms with Gasteiger partial charge in [-0.1, -0.05) is 32.0 Å². The third-order valence-electron chi connectivity index (χ3n) is 5.79. The van der Waals surface area contributed by atoms with Crippen molar-refractivity contribution >= 4 is 40.6 Å². The molecule has 13 heteroatoms. The number of carbonyl (C=O) groups excluding carboxylic acids is 3. The standard InChI is InChI=1S/C25H38N8O5/c1-14(2)10-19(32-22(36)17(26)7-5-9-29-25(27)28)24(38)33-20(23(37)31-13-21(34)35)11-15-12-30-18-8-4-3-6-16(15)18/h3-4,6,8,12,14,17,19-20,30H,5,7,9-11,13,26H2,1-2H3,(H,31,37)(H,32,36)(H,33,38)(H,34,35)(H4,27,28,29). The van der Waals surface area contributed by atoms with Crippen molar-refractivity contribution in [2.45, 2.75) is 57.7 Å². The van der Waals surface area contributed by atoms with Crippen LogP contribution in [-0.2, 0) is 25.6 Å². The molecule has 0 saturated carbocycles. The number of rotatable bonds is 15. The number of para-hydroxylation sites is 1. The molecule has 1 heterocycles. The second-order valence-electron chi connectivity index (χ2n) is 9.48. The van der Waals surface area contributed by atoms with Crippen molar-refractivity contribution in [2.24, 2.45) is 28.1 Å². The molecule has 0 aliphatic heterocycles. The summed E-state index contributed by atoms with van der Waals surface area (Å²) >= 11 is 0. The molecule has 3 atom stereocenters. The summed E-state index contributed by atoms with van der Waals surface area (Å²) in [6.45, 7) is 3.51. The average molecular weight is 531 g/mol. The number of nitrogens with zero attached hydrogens (tertiary/aromatic N) is 1. The fraction of sp³-hybridized carbons (Fsp3) is 0.480. The van der Waals surface area contributed by atoms with Gasteiger partial charge in [0.25, 0.3) is 0 Å². The van der Waals surface area contributed by atoms with E-state index in [9.17, 15) is 19.2 Å². The Morgan fingerprint density at radius 3 is 2.37 bits per heavy atom. The number of fused-ring (bicyclic) bond motifs is 1. The molecule has 3 unspecified atom stereocenters. The van der Waals surface area contributed by atoms with Crippen LogP contribution in [0.25, 0.3) is 10.9 Å². The SMILES string of the molecule is CC(C)CC(NC(=O)C(N)CCCN=C(N)N)C(=O)NC(Cc1c[nH]c2ccccc12)C(=O)NCC(=O)O. The number of carbonyl (C=O) groups is 4. The topological polar surface area (TPSA) is 231 Å². The lowest BCUT2D eigenvalue weighted by Crippen LogP contribution is -2.56. The van der Waals surface area contributed by atoms with E-state index in [4.69, 9.17) is 22.3 Å². The van der Waals surface area contributed by atoms with Gasteiger partial charge in [0.15, 0.2) is 5.96 Å². The van der Waals surface area contributed by atoms with Gasteiger partial charge in [-0.15, -0.1) is 0 Å². The minimum Gasteiger partial charge on any atom is -0.480 e. The van der Waals surface area contributed by atoms with Crippen LogP contribution in [0.1, 0.15) is 38.7 Å². The highest BCUT2D eigenvalue weighted by molar-refractivity contribution is 5.94. The summed E-state index contributed by atoms with van der Waals surface area (Å²) in [5, 5.41) is 17.6. The molecule has 11 N–H and O–H groups in total. The molecule has 0 radical (unpaired) electrons. The van der Waals surface area contributed by atoms with Gasteiger partial charge in [0.1, 0.15) is 18.6 Å². The fourth-order valence-corrected chi connectivity index (χ4v) is 3.92. The quantitative estimate of drug-likeness (QED) is 0.0832. The lowest BCUT2D eigenvalue weighted by atomic mass is 10.00. The second kappa shape index (κ2) is 14.6. The maximum absolute atomic E-state index is 13.3. The highest BCUT2D eigenvalue weighted by Gasteiger charge is 2.29. The van der Waals surface area contributed by atoms with E-state index in [0.29, 0.717) is 25.8 Å². The number of benzene rings is 1. The van der Waals surface area contributed by atoms with Crippen LogP contribution in [0.15, 0.2) is 35.5 Å². The molecule has 38 heavy (non-hydrogen) atoms. The predicted molar refractivity (Wildman–Crippen MR) is 144 cm³/mol. The summed E-state index contributed by atoms with van der Waals surface area (Å²) in [7, 11) is 0. The minimum atomic E-state index is -1.21. The number of nitrogens with two attached hydrogens (primary N) is 3. The Morgan fingerprint density at radius 2 is 1.71 bits per heavy atom. The highest BCUT2D eigenvalue weighted by Crippen LogP contribution is 2.19. The Labute approximate surface area is 221 Å². The van der Waals surface area contributed by atoms with Crippen LogP contribution in [0, 0.1) is 5.92 Å². The first-order valence-electron chi connectivity index (χ1n) is 12.4. The highest BCUT2D eigenvalue weighted by atomic mass is 16.4. The number of aromatic amines is 1. The predicted octanol–water partition coefficient (Wildman–Crippen LogP) is -0.692. The number of amides is 3. The number of H-pyrrole nitrogens is 1. The third-order valence-corrected chi connectivity index (χ3v) is 5.79. The van der Waals surface area contributed by atoms with E-state index in [1.807, 2.05) is 38.1 Å². The number of hydrogen-bond acceptors (Lipinski definition) is 6. The Kier molecular flexibility index (Phi) is 11.5. The molecule has 0 aliphatic rings. The van der Waals surface area contributed by atoms with Crippen molar-refractivity contribution in [3.63, 3.8) is 0 Å². The van der Waals surface area contributed by atoms with Gasteiger partial charge < -0.3 is 43.2 Å². The van der Waals surface area contributed by atoms with Gasteiger partial charge in [-0.3, -0.25) is 24.2 Å².